The van der Waals surface area contributed by atoms with E-state index in [1.165, 1.54) is 38.4 Å². The molecule has 194 valence electrons. The maximum absolute atomic E-state index is 10.5. The molecule has 2 atom stereocenters. The summed E-state index contributed by atoms with van der Waals surface area (Å²) in [6, 6.07) is 37.3. The van der Waals surface area contributed by atoms with E-state index in [1.54, 1.807) is 12.1 Å². The fourth-order valence-corrected chi connectivity index (χ4v) is 7.48. The molecule has 0 aliphatic heterocycles. The zero-order valence-corrected chi connectivity index (χ0v) is 23.0. The van der Waals surface area contributed by atoms with E-state index in [0.717, 1.165) is 22.6 Å². The maximum Gasteiger partial charge on any atom is 0.123 e. The summed E-state index contributed by atoms with van der Waals surface area (Å²) in [5, 5.41) is 26.9. The van der Waals surface area contributed by atoms with E-state index in [9.17, 15) is 5.11 Å². The normalized spacial score (nSPS) is 19.8. The summed E-state index contributed by atoms with van der Waals surface area (Å²) in [5.74, 6) is 0.704. The van der Waals surface area contributed by atoms with Crippen molar-refractivity contribution in [2.24, 2.45) is 0 Å². The number of benzene rings is 6. The van der Waals surface area contributed by atoms with Crippen molar-refractivity contribution < 1.29 is 10.2 Å². The van der Waals surface area contributed by atoms with Gasteiger partial charge in [0.25, 0.3) is 0 Å². The second kappa shape index (κ2) is 9.17. The molecular formula is C37H34O2. The number of hydrogen-bond acceptors (Lipinski definition) is 2. The van der Waals surface area contributed by atoms with Gasteiger partial charge in [0.2, 0.25) is 0 Å². The lowest BCUT2D eigenvalue weighted by atomic mass is 9.60. The second-order valence-electron chi connectivity index (χ2n) is 10.5. The summed E-state index contributed by atoms with van der Waals surface area (Å²) >= 11 is 0. The van der Waals surface area contributed by atoms with Gasteiger partial charge in [0.15, 0.2) is 0 Å². The van der Waals surface area contributed by atoms with Gasteiger partial charge in [0.05, 0.1) is 0 Å². The smallest absolute Gasteiger partial charge is 0.123 e. The van der Waals surface area contributed by atoms with E-state index >= 15 is 0 Å². The van der Waals surface area contributed by atoms with Crippen molar-refractivity contribution >= 4 is 32.3 Å². The number of phenolic OH excluding ortho intramolecular Hbond substituents is 2. The van der Waals surface area contributed by atoms with Crippen LogP contribution in [-0.4, -0.2) is 10.2 Å². The highest BCUT2D eigenvalue weighted by Crippen LogP contribution is 2.68. The van der Waals surface area contributed by atoms with E-state index in [1.807, 2.05) is 50.2 Å². The molecule has 0 heterocycles. The minimum Gasteiger partial charge on any atom is -0.508 e. The summed E-state index contributed by atoms with van der Waals surface area (Å²) < 4.78 is 0. The van der Waals surface area contributed by atoms with Crippen LogP contribution >= 0.6 is 0 Å². The largest absolute Gasteiger partial charge is 0.508 e. The Labute approximate surface area is 230 Å². The van der Waals surface area contributed by atoms with Gasteiger partial charge in [-0.15, -0.1) is 0 Å². The Morgan fingerprint density at radius 2 is 1.15 bits per heavy atom. The zero-order valence-electron chi connectivity index (χ0n) is 23.0. The molecule has 0 aromatic heterocycles. The van der Waals surface area contributed by atoms with Crippen LogP contribution in [0.1, 0.15) is 56.4 Å². The predicted octanol–water partition coefficient (Wildman–Crippen LogP) is 9.60. The zero-order chi connectivity index (χ0) is 27.4. The van der Waals surface area contributed by atoms with Crippen molar-refractivity contribution in [2.45, 2.75) is 44.9 Å². The van der Waals surface area contributed by atoms with E-state index in [4.69, 9.17) is 5.11 Å². The minimum atomic E-state index is -0.111. The minimum absolute atomic E-state index is 0.0775. The van der Waals surface area contributed by atoms with Crippen LogP contribution in [0.15, 0.2) is 109 Å². The van der Waals surface area contributed by atoms with Gasteiger partial charge in [-0.3, -0.25) is 0 Å². The van der Waals surface area contributed by atoms with E-state index in [2.05, 4.69) is 74.5 Å². The molecule has 2 heteroatoms. The molecule has 2 aliphatic rings. The molecule has 2 N–H and O–H groups in total. The highest BCUT2D eigenvalue weighted by molar-refractivity contribution is 6.05. The van der Waals surface area contributed by atoms with E-state index in [0.29, 0.717) is 11.5 Å². The van der Waals surface area contributed by atoms with Gasteiger partial charge in [-0.1, -0.05) is 119 Å². The summed E-state index contributed by atoms with van der Waals surface area (Å²) in [6.07, 6.45) is 1.03. The lowest BCUT2D eigenvalue weighted by molar-refractivity contribution is 0.358. The number of fused-ring (bicyclic) bond motifs is 6. The van der Waals surface area contributed by atoms with Crippen LogP contribution < -0.4 is 0 Å². The Morgan fingerprint density at radius 3 is 1.87 bits per heavy atom. The monoisotopic (exact) mass is 510 g/mol. The van der Waals surface area contributed by atoms with Crippen molar-refractivity contribution in [1.29, 1.82) is 0 Å². The Bertz CT molecular complexity index is 1860. The van der Waals surface area contributed by atoms with Gasteiger partial charge < -0.3 is 10.2 Å². The third-order valence-corrected chi connectivity index (χ3v) is 9.04. The molecule has 0 fully saturated rings. The van der Waals surface area contributed by atoms with Crippen LogP contribution in [-0.2, 0) is 10.8 Å². The number of hydrogen-bond donors (Lipinski definition) is 2. The van der Waals surface area contributed by atoms with Crippen LogP contribution in [0, 0.1) is 0 Å². The molecular weight excluding hydrogens is 476 g/mol. The first-order valence-corrected chi connectivity index (χ1v) is 14.0. The first-order valence-electron chi connectivity index (χ1n) is 14.0. The first-order chi connectivity index (χ1) is 19.0. The lowest BCUT2D eigenvalue weighted by Gasteiger charge is -2.41. The Morgan fingerprint density at radius 1 is 0.564 bits per heavy atom. The number of phenols is 2. The highest BCUT2D eigenvalue weighted by Gasteiger charge is 2.61. The molecule has 39 heavy (non-hydrogen) atoms. The number of rotatable bonds is 1. The van der Waals surface area contributed by atoms with Crippen molar-refractivity contribution in [3.8, 4) is 11.5 Å². The SMILES string of the molecule is CC.CCC12c3cccc4cccc(c34)C1(C)c1cccc3c(O)ccc2c13.Oc1ccc2ccccc2c1. The average molecular weight is 511 g/mol. The standard InChI is InChI=1S/C25H20O.C10H8O.C2H6/c1-3-25-19-12-5-8-15-7-4-10-17(22(15)19)24(25,2)18-11-6-9-16-21(26)14-13-20(25)23(16)18;11-10-6-5-8-3-1-2-4-9(8)7-10;1-2/h4-14,26H,3H2,1-2H3;1-7,11H;1-2H3. The molecule has 6 aromatic carbocycles. The molecule has 8 rings (SSSR count). The Balaban J connectivity index is 0.000000179. The third-order valence-electron chi connectivity index (χ3n) is 9.04. The Hall–Kier alpha value is -4.30. The van der Waals surface area contributed by atoms with Crippen LogP contribution in [0.3, 0.4) is 0 Å². The van der Waals surface area contributed by atoms with E-state index in [-0.39, 0.29) is 10.8 Å². The van der Waals surface area contributed by atoms with Crippen molar-refractivity contribution in [1.82, 2.24) is 0 Å². The topological polar surface area (TPSA) is 40.5 Å². The van der Waals surface area contributed by atoms with Crippen LogP contribution in [0.4, 0.5) is 0 Å². The van der Waals surface area contributed by atoms with Crippen LogP contribution in [0.2, 0.25) is 0 Å². The van der Waals surface area contributed by atoms with Gasteiger partial charge >= 0.3 is 0 Å². The van der Waals surface area contributed by atoms with Gasteiger partial charge in [0, 0.05) is 16.2 Å². The molecule has 0 saturated heterocycles. The first kappa shape index (κ1) is 25.0. The highest BCUT2D eigenvalue weighted by atomic mass is 16.3. The molecule has 0 bridgehead atoms. The van der Waals surface area contributed by atoms with Crippen LogP contribution in [0.25, 0.3) is 32.3 Å². The summed E-state index contributed by atoms with van der Waals surface area (Å²) in [4.78, 5) is 0. The van der Waals surface area contributed by atoms with Crippen LogP contribution in [0.5, 0.6) is 11.5 Å². The van der Waals surface area contributed by atoms with Crippen molar-refractivity contribution in [3.63, 3.8) is 0 Å². The summed E-state index contributed by atoms with van der Waals surface area (Å²) in [7, 11) is 0. The molecule has 2 nitrogen and oxygen atoms in total. The molecule has 2 aliphatic carbocycles. The fourth-order valence-electron chi connectivity index (χ4n) is 7.48. The van der Waals surface area contributed by atoms with Gasteiger partial charge in [-0.05, 0) is 73.8 Å². The molecule has 6 aromatic rings. The Kier molecular flexibility index (Phi) is 5.88. The quantitative estimate of drug-likeness (QED) is 0.231. The lowest BCUT2D eigenvalue weighted by Crippen LogP contribution is -2.41. The molecule has 0 saturated carbocycles. The van der Waals surface area contributed by atoms with Gasteiger partial charge in [0.1, 0.15) is 11.5 Å². The molecule has 0 spiro atoms. The van der Waals surface area contributed by atoms with E-state index < -0.39 is 0 Å². The molecule has 2 unspecified atom stereocenters. The van der Waals surface area contributed by atoms with Gasteiger partial charge in [-0.2, -0.15) is 0 Å². The molecule has 0 radical (unpaired) electrons. The fraction of sp³-hybridized carbons (Fsp3) is 0.189. The summed E-state index contributed by atoms with van der Waals surface area (Å²) in [5.41, 5.74) is 5.40. The average Bonchev–Trinajstić information content (AvgIpc) is 3.35. The number of aromatic hydroxyl groups is 2. The predicted molar refractivity (Wildman–Crippen MR) is 164 cm³/mol. The van der Waals surface area contributed by atoms with Crippen molar-refractivity contribution in [2.75, 3.05) is 0 Å². The summed E-state index contributed by atoms with van der Waals surface area (Å²) in [6.45, 7) is 8.73. The second-order valence-corrected chi connectivity index (χ2v) is 10.5. The third kappa shape index (κ3) is 3.21. The molecule has 0 amide bonds. The maximum atomic E-state index is 10.5. The van der Waals surface area contributed by atoms with Crippen molar-refractivity contribution in [3.05, 3.63) is 131 Å². The van der Waals surface area contributed by atoms with Gasteiger partial charge in [-0.25, -0.2) is 0 Å².